The highest BCUT2D eigenvalue weighted by molar-refractivity contribution is 5.60. The fourth-order valence-electron chi connectivity index (χ4n) is 1.40. The number of aromatic amines is 1. The zero-order chi connectivity index (χ0) is 12.4. The first-order valence-electron chi connectivity index (χ1n) is 5.77. The normalized spacial score (nSPS) is 9.44. The van der Waals surface area contributed by atoms with Gasteiger partial charge in [0.25, 0.3) is 5.82 Å². The maximum atomic E-state index is 8.89. The molecule has 0 bridgehead atoms. The summed E-state index contributed by atoms with van der Waals surface area (Å²) in [6, 6.07) is 0. The average Bonchev–Trinajstić information content (AvgIpc) is 2.58. The van der Waals surface area contributed by atoms with Crippen LogP contribution in [0.4, 0.5) is 0 Å². The molecule has 0 radical (unpaired) electrons. The minimum absolute atomic E-state index is 0.972. The van der Waals surface area contributed by atoms with E-state index < -0.39 is 5.97 Å². The molecule has 0 atom stereocenters. The highest BCUT2D eigenvalue weighted by atomic mass is 16.4. The van der Waals surface area contributed by atoms with Crippen LogP contribution in [0.1, 0.15) is 45.4 Å². The third kappa shape index (κ3) is 8.03. The molecule has 1 aromatic heterocycles. The van der Waals surface area contributed by atoms with Crippen LogP contribution in [0, 0.1) is 0 Å². The van der Waals surface area contributed by atoms with E-state index in [-0.39, 0.29) is 0 Å². The summed E-state index contributed by atoms with van der Waals surface area (Å²) in [6.07, 6.45) is 10.6. The molecule has 1 aromatic rings. The number of aromatic nitrogens is 2. The van der Waals surface area contributed by atoms with Crippen molar-refractivity contribution < 1.29 is 14.5 Å². The van der Waals surface area contributed by atoms with E-state index in [0.29, 0.717) is 0 Å². The van der Waals surface area contributed by atoms with E-state index in [1.807, 2.05) is 6.20 Å². The smallest absolute Gasteiger partial charge is 0.253 e. The van der Waals surface area contributed by atoms with E-state index in [1.54, 1.807) is 0 Å². The number of carbonyl (C=O) groups is 1. The average molecular weight is 226 g/mol. The third-order valence-electron chi connectivity index (χ3n) is 2.24. The molecule has 1 heterocycles. The van der Waals surface area contributed by atoms with Crippen LogP contribution >= 0.6 is 0 Å². The van der Waals surface area contributed by atoms with Crippen molar-refractivity contribution in [3.05, 3.63) is 18.2 Å². The summed E-state index contributed by atoms with van der Waals surface area (Å²) in [7, 11) is 2.09. The topological polar surface area (TPSA) is 59.8 Å². The van der Waals surface area contributed by atoms with Gasteiger partial charge < -0.3 is 9.90 Å². The lowest BCUT2D eigenvalue weighted by Gasteiger charge is -1.95. The Bertz CT molecular complexity index is 291. The molecular weight excluding hydrogens is 204 g/mol. The van der Waals surface area contributed by atoms with E-state index >= 15 is 0 Å². The summed E-state index contributed by atoms with van der Waals surface area (Å²) in [4.78, 5) is 12.1. The van der Waals surface area contributed by atoms with Crippen molar-refractivity contribution in [1.29, 1.82) is 0 Å². The molecule has 0 spiro atoms. The molecule has 0 aliphatic rings. The van der Waals surface area contributed by atoms with Gasteiger partial charge >= 0.3 is 0 Å². The van der Waals surface area contributed by atoms with Gasteiger partial charge in [-0.2, -0.15) is 0 Å². The molecule has 1 rings (SSSR count). The molecule has 92 valence electrons. The second-order valence-corrected chi connectivity index (χ2v) is 3.82. The fourth-order valence-corrected chi connectivity index (χ4v) is 1.40. The van der Waals surface area contributed by atoms with Gasteiger partial charge in [-0.3, -0.25) is 0 Å². The summed E-state index contributed by atoms with van der Waals surface area (Å²) in [6.45, 7) is 3.22. The molecular formula is C12H22N2O2. The lowest BCUT2D eigenvalue weighted by Crippen LogP contribution is -2.30. The number of carboxylic acids is 1. The lowest BCUT2D eigenvalue weighted by atomic mass is 10.1. The van der Waals surface area contributed by atoms with Crippen LogP contribution in [0.25, 0.3) is 0 Å². The van der Waals surface area contributed by atoms with Gasteiger partial charge in [-0.25, -0.2) is 9.55 Å². The summed E-state index contributed by atoms with van der Waals surface area (Å²) >= 11 is 0. The van der Waals surface area contributed by atoms with Crippen LogP contribution in [0.15, 0.2) is 12.4 Å². The number of nitrogens with one attached hydrogen (secondary N) is 1. The fraction of sp³-hybridized carbons (Fsp3) is 0.667. The number of aliphatic carboxylic acids is 1. The molecule has 0 unspecified atom stereocenters. The van der Waals surface area contributed by atoms with E-state index in [4.69, 9.17) is 9.90 Å². The quantitative estimate of drug-likeness (QED) is 0.594. The molecule has 0 amide bonds. The Morgan fingerprint density at radius 1 is 1.44 bits per heavy atom. The number of rotatable bonds is 5. The molecule has 4 heteroatoms. The molecule has 4 nitrogen and oxygen atoms in total. The minimum Gasteiger partial charge on any atom is -0.550 e. The van der Waals surface area contributed by atoms with Crippen LogP contribution in [-0.2, 0) is 18.3 Å². The van der Waals surface area contributed by atoms with Crippen LogP contribution < -0.4 is 9.67 Å². The van der Waals surface area contributed by atoms with Gasteiger partial charge in [-0.15, -0.1) is 0 Å². The van der Waals surface area contributed by atoms with Gasteiger partial charge in [0.1, 0.15) is 12.4 Å². The molecule has 0 aromatic carbocycles. The highest BCUT2D eigenvalue weighted by Gasteiger charge is 2.04. The predicted molar refractivity (Wildman–Crippen MR) is 60.5 cm³/mol. The van der Waals surface area contributed by atoms with E-state index in [1.165, 1.54) is 37.9 Å². The summed E-state index contributed by atoms with van der Waals surface area (Å²) in [5.74, 6) is 0.256. The monoisotopic (exact) mass is 226 g/mol. The molecule has 0 saturated heterocycles. The van der Waals surface area contributed by atoms with Gasteiger partial charge in [0.15, 0.2) is 0 Å². The number of hydrogen-bond donors (Lipinski definition) is 1. The second-order valence-electron chi connectivity index (χ2n) is 3.82. The van der Waals surface area contributed by atoms with Crippen molar-refractivity contribution in [1.82, 2.24) is 4.98 Å². The predicted octanol–water partition coefficient (Wildman–Crippen LogP) is 0.718. The number of carboxylic acid groups (broad SMARTS) is 1. The number of hydrogen-bond acceptors (Lipinski definition) is 2. The number of aryl methyl sites for hydroxylation is 2. The number of H-pyrrole nitrogens is 1. The van der Waals surface area contributed by atoms with Crippen LogP contribution in [0.5, 0.6) is 0 Å². The summed E-state index contributed by atoms with van der Waals surface area (Å²) in [5, 5.41) is 8.89. The Kier molecular flexibility index (Phi) is 8.21. The first kappa shape index (κ1) is 14.7. The third-order valence-corrected chi connectivity index (χ3v) is 2.24. The molecule has 0 saturated carbocycles. The number of unbranched alkanes of at least 4 members (excludes halogenated alkanes) is 3. The number of nitrogens with zero attached hydrogens (tertiary/aromatic N) is 1. The van der Waals surface area contributed by atoms with Crippen molar-refractivity contribution in [3.8, 4) is 0 Å². The van der Waals surface area contributed by atoms with Crippen molar-refractivity contribution in [2.45, 2.75) is 46.0 Å². The van der Waals surface area contributed by atoms with E-state index in [0.717, 1.165) is 6.92 Å². The first-order chi connectivity index (χ1) is 7.57. The first-order valence-corrected chi connectivity index (χ1v) is 5.77. The number of imidazole rings is 1. The van der Waals surface area contributed by atoms with Crippen molar-refractivity contribution in [3.63, 3.8) is 0 Å². The maximum Gasteiger partial charge on any atom is 0.253 e. The van der Waals surface area contributed by atoms with Crippen molar-refractivity contribution in [2.75, 3.05) is 0 Å². The Morgan fingerprint density at radius 3 is 2.50 bits per heavy atom. The Hall–Kier alpha value is -1.32. The lowest BCUT2D eigenvalue weighted by molar-refractivity contribution is -0.677. The zero-order valence-electron chi connectivity index (χ0n) is 10.5. The van der Waals surface area contributed by atoms with Crippen LogP contribution in [0.2, 0.25) is 0 Å². The van der Waals surface area contributed by atoms with E-state index in [9.17, 15) is 0 Å². The van der Waals surface area contributed by atoms with Crippen molar-refractivity contribution >= 4 is 5.97 Å². The molecule has 1 N–H and O–H groups in total. The Labute approximate surface area is 97.3 Å². The standard InChI is InChI=1S/C10H18N2.C2H4O2/c1-3-4-5-6-7-10-11-8-9-12(10)2;1-2(3)4/h8-9H,3-7H2,1-2H3;1H3,(H,3,4). The maximum absolute atomic E-state index is 8.89. The van der Waals surface area contributed by atoms with Gasteiger partial charge in [0, 0.05) is 12.4 Å². The van der Waals surface area contributed by atoms with Gasteiger partial charge in [0.05, 0.1) is 7.05 Å². The SMILES string of the molecule is CC(=O)[O-].CCCCCCc1[nH]cc[n+]1C. The van der Waals surface area contributed by atoms with E-state index in [2.05, 4.69) is 29.7 Å². The summed E-state index contributed by atoms with van der Waals surface area (Å²) < 4.78 is 2.16. The molecule has 16 heavy (non-hydrogen) atoms. The minimum atomic E-state index is -1.08. The summed E-state index contributed by atoms with van der Waals surface area (Å²) in [5.41, 5.74) is 0. The molecule has 0 aliphatic carbocycles. The molecule has 0 aliphatic heterocycles. The van der Waals surface area contributed by atoms with Gasteiger partial charge in [0.2, 0.25) is 0 Å². The van der Waals surface area contributed by atoms with Gasteiger partial charge in [-0.05, 0) is 13.3 Å². The Morgan fingerprint density at radius 2 is 2.06 bits per heavy atom. The molecule has 0 fully saturated rings. The van der Waals surface area contributed by atoms with Crippen molar-refractivity contribution in [2.24, 2.45) is 7.05 Å². The Balaban J connectivity index is 0.000000487. The highest BCUT2D eigenvalue weighted by Crippen LogP contribution is 2.02. The van der Waals surface area contributed by atoms with Gasteiger partial charge in [-0.1, -0.05) is 26.2 Å². The van der Waals surface area contributed by atoms with Crippen LogP contribution in [0.3, 0.4) is 0 Å². The van der Waals surface area contributed by atoms with Crippen LogP contribution in [-0.4, -0.2) is 11.0 Å². The number of carbonyl (C=O) groups excluding carboxylic acids is 1. The second kappa shape index (κ2) is 8.95. The largest absolute Gasteiger partial charge is 0.550 e. The zero-order valence-corrected chi connectivity index (χ0v) is 10.5.